The zero-order valence-corrected chi connectivity index (χ0v) is 11.2. The first-order chi connectivity index (χ1) is 8.72. The SMILES string of the molecule is C=CCNC(=O)/C=C/c1sc2ccccc2c1Cl. The number of thiophene rings is 1. The van der Waals surface area contributed by atoms with Gasteiger partial charge in [0.2, 0.25) is 5.91 Å². The maximum atomic E-state index is 11.4. The van der Waals surface area contributed by atoms with Crippen LogP contribution >= 0.6 is 22.9 Å². The predicted octanol–water partition coefficient (Wildman–Crippen LogP) is 3.87. The van der Waals surface area contributed by atoms with E-state index in [1.165, 1.54) is 6.08 Å². The predicted molar refractivity (Wildman–Crippen MR) is 79.1 cm³/mol. The van der Waals surface area contributed by atoms with E-state index in [1.807, 2.05) is 24.3 Å². The molecule has 1 aromatic heterocycles. The molecule has 1 heterocycles. The average molecular weight is 278 g/mol. The molecule has 0 saturated carbocycles. The van der Waals surface area contributed by atoms with Gasteiger partial charge in [0.25, 0.3) is 0 Å². The number of amides is 1. The Kier molecular flexibility index (Phi) is 4.18. The van der Waals surface area contributed by atoms with E-state index >= 15 is 0 Å². The van der Waals surface area contributed by atoms with Crippen LogP contribution in [0.1, 0.15) is 4.88 Å². The zero-order valence-electron chi connectivity index (χ0n) is 9.65. The molecule has 0 radical (unpaired) electrons. The summed E-state index contributed by atoms with van der Waals surface area (Å²) in [6.45, 7) is 4.00. The lowest BCUT2D eigenvalue weighted by atomic mass is 10.2. The third kappa shape index (κ3) is 2.81. The lowest BCUT2D eigenvalue weighted by molar-refractivity contribution is -0.116. The van der Waals surface area contributed by atoms with E-state index in [2.05, 4.69) is 11.9 Å². The van der Waals surface area contributed by atoms with Gasteiger partial charge in [0.1, 0.15) is 0 Å². The maximum Gasteiger partial charge on any atom is 0.244 e. The molecule has 0 aliphatic carbocycles. The van der Waals surface area contributed by atoms with Crippen LogP contribution in [-0.2, 0) is 4.79 Å². The van der Waals surface area contributed by atoms with Crippen molar-refractivity contribution >= 4 is 45.0 Å². The Morgan fingerprint density at radius 1 is 1.44 bits per heavy atom. The number of carbonyl (C=O) groups excluding carboxylic acids is 1. The maximum absolute atomic E-state index is 11.4. The molecule has 2 rings (SSSR count). The summed E-state index contributed by atoms with van der Waals surface area (Å²) in [4.78, 5) is 12.3. The summed E-state index contributed by atoms with van der Waals surface area (Å²) in [5.41, 5.74) is 0. The molecule has 1 N–H and O–H groups in total. The van der Waals surface area contributed by atoms with E-state index in [0.29, 0.717) is 11.6 Å². The normalized spacial score (nSPS) is 10.9. The molecule has 0 atom stereocenters. The van der Waals surface area contributed by atoms with Crippen molar-refractivity contribution in [2.24, 2.45) is 0 Å². The molecule has 0 saturated heterocycles. The van der Waals surface area contributed by atoms with Crippen molar-refractivity contribution < 1.29 is 4.79 Å². The second kappa shape index (κ2) is 5.85. The highest BCUT2D eigenvalue weighted by atomic mass is 35.5. The number of benzene rings is 1. The average Bonchev–Trinajstić information content (AvgIpc) is 2.71. The topological polar surface area (TPSA) is 29.1 Å². The van der Waals surface area contributed by atoms with Crippen LogP contribution < -0.4 is 5.32 Å². The van der Waals surface area contributed by atoms with Crippen LogP contribution in [0.4, 0.5) is 0 Å². The van der Waals surface area contributed by atoms with E-state index in [-0.39, 0.29) is 5.91 Å². The molecule has 0 spiro atoms. The second-order valence-electron chi connectivity index (χ2n) is 3.64. The zero-order chi connectivity index (χ0) is 13.0. The highest BCUT2D eigenvalue weighted by Crippen LogP contribution is 2.35. The Bertz CT molecular complexity index is 615. The molecule has 18 heavy (non-hydrogen) atoms. The van der Waals surface area contributed by atoms with Crippen molar-refractivity contribution in [2.75, 3.05) is 6.54 Å². The Labute approximate surface area is 115 Å². The first-order valence-corrected chi connectivity index (χ1v) is 6.65. The number of halogens is 1. The molecule has 2 nitrogen and oxygen atoms in total. The fourth-order valence-corrected chi connectivity index (χ4v) is 2.92. The highest BCUT2D eigenvalue weighted by molar-refractivity contribution is 7.20. The molecule has 4 heteroatoms. The lowest BCUT2D eigenvalue weighted by Gasteiger charge is -1.94. The van der Waals surface area contributed by atoms with Gasteiger partial charge < -0.3 is 5.32 Å². The molecule has 1 amide bonds. The molecular formula is C14H12ClNOS. The van der Waals surface area contributed by atoms with Crippen molar-refractivity contribution in [2.45, 2.75) is 0 Å². The number of fused-ring (bicyclic) bond motifs is 1. The van der Waals surface area contributed by atoms with Gasteiger partial charge in [-0.15, -0.1) is 17.9 Å². The Balaban J connectivity index is 2.21. The van der Waals surface area contributed by atoms with Gasteiger partial charge >= 0.3 is 0 Å². The van der Waals surface area contributed by atoms with Crippen LogP contribution in [0.3, 0.4) is 0 Å². The number of carbonyl (C=O) groups is 1. The van der Waals surface area contributed by atoms with Crippen molar-refractivity contribution in [3.63, 3.8) is 0 Å². The lowest BCUT2D eigenvalue weighted by Crippen LogP contribution is -2.20. The largest absolute Gasteiger partial charge is 0.349 e. The third-order valence-corrected chi connectivity index (χ3v) is 4.02. The quantitative estimate of drug-likeness (QED) is 0.667. The van der Waals surface area contributed by atoms with Crippen molar-refractivity contribution in [3.8, 4) is 0 Å². The third-order valence-electron chi connectivity index (χ3n) is 2.37. The molecule has 0 aliphatic heterocycles. The van der Waals surface area contributed by atoms with Crippen LogP contribution in [0.2, 0.25) is 5.02 Å². The first kappa shape index (κ1) is 12.9. The van der Waals surface area contributed by atoms with Crippen LogP contribution in [0.5, 0.6) is 0 Å². The van der Waals surface area contributed by atoms with E-state index < -0.39 is 0 Å². The fraction of sp³-hybridized carbons (Fsp3) is 0.0714. The molecule has 1 aromatic carbocycles. The van der Waals surface area contributed by atoms with E-state index in [9.17, 15) is 4.79 Å². The van der Waals surface area contributed by atoms with Gasteiger partial charge in [-0.2, -0.15) is 0 Å². The number of hydrogen-bond donors (Lipinski definition) is 1. The van der Waals surface area contributed by atoms with Crippen LogP contribution in [0.25, 0.3) is 16.2 Å². The molecule has 0 bridgehead atoms. The van der Waals surface area contributed by atoms with E-state index in [1.54, 1.807) is 23.5 Å². The van der Waals surface area contributed by atoms with Crippen molar-refractivity contribution in [3.05, 3.63) is 52.9 Å². The van der Waals surface area contributed by atoms with Crippen molar-refractivity contribution in [1.29, 1.82) is 0 Å². The molecule has 0 unspecified atom stereocenters. The summed E-state index contributed by atoms with van der Waals surface area (Å²) in [5, 5.41) is 4.39. The highest BCUT2D eigenvalue weighted by Gasteiger charge is 2.07. The summed E-state index contributed by atoms with van der Waals surface area (Å²) >= 11 is 7.83. The fourth-order valence-electron chi connectivity index (χ4n) is 1.52. The summed E-state index contributed by atoms with van der Waals surface area (Å²) in [6, 6.07) is 7.91. The van der Waals surface area contributed by atoms with Gasteiger partial charge in [-0.25, -0.2) is 0 Å². The number of nitrogens with one attached hydrogen (secondary N) is 1. The van der Waals surface area contributed by atoms with Crippen molar-refractivity contribution in [1.82, 2.24) is 5.32 Å². The van der Waals surface area contributed by atoms with Crippen LogP contribution in [0, 0.1) is 0 Å². The summed E-state index contributed by atoms with van der Waals surface area (Å²) in [6.07, 6.45) is 4.86. The summed E-state index contributed by atoms with van der Waals surface area (Å²) in [5.74, 6) is -0.150. The van der Waals surface area contributed by atoms with Gasteiger partial charge in [0.05, 0.1) is 5.02 Å². The Morgan fingerprint density at radius 2 is 2.22 bits per heavy atom. The number of hydrogen-bond acceptors (Lipinski definition) is 2. The van der Waals surface area contributed by atoms with Gasteiger partial charge in [0, 0.05) is 27.6 Å². The standard InChI is InChI=1S/C14H12ClNOS/c1-2-9-16-13(17)8-7-12-14(15)10-5-3-4-6-11(10)18-12/h2-8H,1,9H2,(H,16,17)/b8-7+. The molecule has 0 aliphatic rings. The van der Waals surface area contributed by atoms with Gasteiger partial charge in [0.15, 0.2) is 0 Å². The minimum Gasteiger partial charge on any atom is -0.349 e. The van der Waals surface area contributed by atoms with Crippen LogP contribution in [0.15, 0.2) is 43.0 Å². The Morgan fingerprint density at radius 3 is 2.94 bits per heavy atom. The monoisotopic (exact) mass is 277 g/mol. The minimum absolute atomic E-state index is 0.150. The first-order valence-electron chi connectivity index (χ1n) is 5.46. The second-order valence-corrected chi connectivity index (χ2v) is 5.11. The molecule has 0 fully saturated rings. The summed E-state index contributed by atoms with van der Waals surface area (Å²) in [7, 11) is 0. The van der Waals surface area contributed by atoms with Gasteiger partial charge in [-0.05, 0) is 12.1 Å². The smallest absolute Gasteiger partial charge is 0.244 e. The summed E-state index contributed by atoms with van der Waals surface area (Å²) < 4.78 is 1.12. The van der Waals surface area contributed by atoms with E-state index in [0.717, 1.165) is 15.0 Å². The molecule has 2 aromatic rings. The number of rotatable bonds is 4. The minimum atomic E-state index is -0.150. The van der Waals surface area contributed by atoms with E-state index in [4.69, 9.17) is 11.6 Å². The molecular weight excluding hydrogens is 266 g/mol. The van der Waals surface area contributed by atoms with Crippen LogP contribution in [-0.4, -0.2) is 12.5 Å². The Hall–Kier alpha value is -1.58. The van der Waals surface area contributed by atoms with Gasteiger partial charge in [-0.3, -0.25) is 4.79 Å². The molecule has 92 valence electrons. The van der Waals surface area contributed by atoms with Gasteiger partial charge in [-0.1, -0.05) is 35.9 Å².